The van der Waals surface area contributed by atoms with Gasteiger partial charge >= 0.3 is 0 Å². The van der Waals surface area contributed by atoms with E-state index in [1.807, 2.05) is 25.1 Å². The molecular formula is C19H25NO2. The zero-order chi connectivity index (χ0) is 15.8. The van der Waals surface area contributed by atoms with Crippen LogP contribution in [0, 0.1) is 0 Å². The molecule has 2 aromatic carbocycles. The second-order valence-corrected chi connectivity index (χ2v) is 5.57. The minimum absolute atomic E-state index is 0.297. The summed E-state index contributed by atoms with van der Waals surface area (Å²) in [6.45, 7) is 4.30. The summed E-state index contributed by atoms with van der Waals surface area (Å²) in [5.74, 6) is 0.869. The maximum absolute atomic E-state index is 10.0. The molecule has 0 saturated carbocycles. The highest BCUT2D eigenvalue weighted by Gasteiger charge is 2.12. The molecule has 3 heteroatoms. The minimum Gasteiger partial charge on any atom is -0.497 e. The summed E-state index contributed by atoms with van der Waals surface area (Å²) in [6.07, 6.45) is 0.470. The highest BCUT2D eigenvalue weighted by Crippen LogP contribution is 2.16. The molecule has 118 valence electrons. The van der Waals surface area contributed by atoms with Gasteiger partial charge < -0.3 is 9.84 Å². The number of hydrogen-bond donors (Lipinski definition) is 1. The Labute approximate surface area is 133 Å². The first-order chi connectivity index (χ1) is 10.7. The third-order valence-electron chi connectivity index (χ3n) is 3.73. The Morgan fingerprint density at radius 2 is 1.68 bits per heavy atom. The molecule has 1 atom stereocenters. The van der Waals surface area contributed by atoms with Crippen molar-refractivity contribution in [2.24, 2.45) is 0 Å². The zero-order valence-electron chi connectivity index (χ0n) is 13.4. The lowest BCUT2D eigenvalue weighted by molar-refractivity contribution is 0.101. The lowest BCUT2D eigenvalue weighted by atomic mass is 10.1. The van der Waals surface area contributed by atoms with E-state index in [0.717, 1.165) is 25.3 Å². The summed E-state index contributed by atoms with van der Waals surface area (Å²) < 4.78 is 5.29. The van der Waals surface area contributed by atoms with Crippen LogP contribution in [0.5, 0.6) is 5.75 Å². The number of benzene rings is 2. The van der Waals surface area contributed by atoms with E-state index in [1.165, 1.54) is 11.1 Å². The SMILES string of the molecule is CC[C@@H](O)CN(Cc1ccccc1)Cc1cccc(OC)c1. The standard InChI is InChI=1S/C19H25NO2/c1-3-18(21)15-20(13-16-8-5-4-6-9-16)14-17-10-7-11-19(12-17)22-2/h4-12,18,21H,3,13-15H2,1-2H3/t18-/m1/s1. The van der Waals surface area contributed by atoms with Crippen LogP contribution in [0.25, 0.3) is 0 Å². The van der Waals surface area contributed by atoms with E-state index in [0.29, 0.717) is 6.54 Å². The van der Waals surface area contributed by atoms with Crippen molar-refractivity contribution in [3.63, 3.8) is 0 Å². The molecule has 0 aromatic heterocycles. The van der Waals surface area contributed by atoms with Gasteiger partial charge in [0, 0.05) is 19.6 Å². The van der Waals surface area contributed by atoms with Gasteiger partial charge in [-0.15, -0.1) is 0 Å². The van der Waals surface area contributed by atoms with Crippen LogP contribution in [0.1, 0.15) is 24.5 Å². The summed E-state index contributed by atoms with van der Waals surface area (Å²) >= 11 is 0. The number of methoxy groups -OCH3 is 1. The topological polar surface area (TPSA) is 32.7 Å². The van der Waals surface area contributed by atoms with Gasteiger partial charge in [-0.1, -0.05) is 49.4 Å². The molecular weight excluding hydrogens is 274 g/mol. The van der Waals surface area contributed by atoms with E-state index in [1.54, 1.807) is 7.11 Å². The maximum atomic E-state index is 10.0. The highest BCUT2D eigenvalue weighted by atomic mass is 16.5. The molecule has 0 aliphatic heterocycles. The molecule has 0 unspecified atom stereocenters. The van der Waals surface area contributed by atoms with Crippen molar-refractivity contribution in [2.45, 2.75) is 32.5 Å². The first kappa shape index (κ1) is 16.5. The first-order valence-electron chi connectivity index (χ1n) is 7.78. The summed E-state index contributed by atoms with van der Waals surface area (Å²) in [5.41, 5.74) is 2.45. The van der Waals surface area contributed by atoms with Gasteiger partial charge in [0.15, 0.2) is 0 Å². The second-order valence-electron chi connectivity index (χ2n) is 5.57. The molecule has 0 aliphatic rings. The van der Waals surface area contributed by atoms with Gasteiger partial charge in [-0.3, -0.25) is 4.90 Å². The molecule has 0 amide bonds. The molecule has 0 bridgehead atoms. The predicted octanol–water partition coefficient (Wildman–Crippen LogP) is 3.47. The lowest BCUT2D eigenvalue weighted by Gasteiger charge is -2.25. The van der Waals surface area contributed by atoms with E-state index in [-0.39, 0.29) is 6.10 Å². The average Bonchev–Trinajstić information content (AvgIpc) is 2.55. The van der Waals surface area contributed by atoms with Gasteiger partial charge in [0.25, 0.3) is 0 Å². The molecule has 22 heavy (non-hydrogen) atoms. The van der Waals surface area contributed by atoms with E-state index in [4.69, 9.17) is 4.74 Å². The molecule has 0 saturated heterocycles. The fourth-order valence-corrected chi connectivity index (χ4v) is 2.48. The van der Waals surface area contributed by atoms with Crippen LogP contribution in [0.2, 0.25) is 0 Å². The number of rotatable bonds is 8. The van der Waals surface area contributed by atoms with Crippen LogP contribution < -0.4 is 4.74 Å². The summed E-state index contributed by atoms with van der Waals surface area (Å²) in [6, 6.07) is 18.5. The summed E-state index contributed by atoms with van der Waals surface area (Å²) in [7, 11) is 1.68. The summed E-state index contributed by atoms with van der Waals surface area (Å²) in [5, 5.41) is 10.0. The van der Waals surface area contributed by atoms with Gasteiger partial charge in [0.05, 0.1) is 13.2 Å². The van der Waals surface area contributed by atoms with Gasteiger partial charge in [0.1, 0.15) is 5.75 Å². The fourth-order valence-electron chi connectivity index (χ4n) is 2.48. The normalized spacial score (nSPS) is 12.4. The van der Waals surface area contributed by atoms with Crippen molar-refractivity contribution < 1.29 is 9.84 Å². The molecule has 0 radical (unpaired) electrons. The number of ether oxygens (including phenoxy) is 1. The summed E-state index contributed by atoms with van der Waals surface area (Å²) in [4.78, 5) is 2.28. The molecule has 0 aliphatic carbocycles. The Balaban J connectivity index is 2.09. The maximum Gasteiger partial charge on any atom is 0.119 e. The minimum atomic E-state index is -0.297. The van der Waals surface area contributed by atoms with Crippen LogP contribution >= 0.6 is 0 Å². The Hall–Kier alpha value is -1.84. The largest absolute Gasteiger partial charge is 0.497 e. The van der Waals surface area contributed by atoms with Crippen molar-refractivity contribution in [1.82, 2.24) is 4.90 Å². The van der Waals surface area contributed by atoms with Crippen LogP contribution in [0.4, 0.5) is 0 Å². The van der Waals surface area contributed by atoms with E-state index < -0.39 is 0 Å². The lowest BCUT2D eigenvalue weighted by Crippen LogP contribution is -2.31. The average molecular weight is 299 g/mol. The first-order valence-corrected chi connectivity index (χ1v) is 7.78. The van der Waals surface area contributed by atoms with E-state index in [2.05, 4.69) is 41.3 Å². The van der Waals surface area contributed by atoms with Crippen molar-refractivity contribution in [1.29, 1.82) is 0 Å². The van der Waals surface area contributed by atoms with Crippen LogP contribution in [0.15, 0.2) is 54.6 Å². The quantitative estimate of drug-likeness (QED) is 0.810. The van der Waals surface area contributed by atoms with Crippen molar-refractivity contribution in [2.75, 3.05) is 13.7 Å². The zero-order valence-corrected chi connectivity index (χ0v) is 13.4. The number of aliphatic hydroxyl groups excluding tert-OH is 1. The Morgan fingerprint density at radius 3 is 2.36 bits per heavy atom. The number of aliphatic hydroxyl groups is 1. The van der Waals surface area contributed by atoms with Gasteiger partial charge in [-0.05, 0) is 29.7 Å². The monoisotopic (exact) mass is 299 g/mol. The Kier molecular flexibility index (Phi) is 6.44. The molecule has 0 fully saturated rings. The van der Waals surface area contributed by atoms with Crippen LogP contribution in [0.3, 0.4) is 0 Å². The molecule has 0 heterocycles. The third-order valence-corrected chi connectivity index (χ3v) is 3.73. The second kappa shape index (κ2) is 8.57. The van der Waals surface area contributed by atoms with E-state index in [9.17, 15) is 5.11 Å². The predicted molar refractivity (Wildman–Crippen MR) is 89.8 cm³/mol. The fraction of sp³-hybridized carbons (Fsp3) is 0.368. The molecule has 1 N–H and O–H groups in total. The van der Waals surface area contributed by atoms with Gasteiger partial charge in [-0.25, -0.2) is 0 Å². The molecule has 3 nitrogen and oxygen atoms in total. The Morgan fingerprint density at radius 1 is 1.00 bits per heavy atom. The van der Waals surface area contributed by atoms with Gasteiger partial charge in [0.2, 0.25) is 0 Å². The molecule has 0 spiro atoms. The van der Waals surface area contributed by atoms with E-state index >= 15 is 0 Å². The number of hydrogen-bond acceptors (Lipinski definition) is 3. The van der Waals surface area contributed by atoms with Crippen LogP contribution in [-0.2, 0) is 13.1 Å². The van der Waals surface area contributed by atoms with Gasteiger partial charge in [-0.2, -0.15) is 0 Å². The molecule has 2 rings (SSSR count). The third kappa shape index (κ3) is 5.17. The number of nitrogens with zero attached hydrogens (tertiary/aromatic N) is 1. The van der Waals surface area contributed by atoms with Crippen molar-refractivity contribution in [3.05, 3.63) is 65.7 Å². The van der Waals surface area contributed by atoms with Crippen molar-refractivity contribution in [3.8, 4) is 5.75 Å². The highest BCUT2D eigenvalue weighted by molar-refractivity contribution is 5.28. The molecule has 2 aromatic rings. The van der Waals surface area contributed by atoms with Crippen molar-refractivity contribution >= 4 is 0 Å². The van der Waals surface area contributed by atoms with Crippen LogP contribution in [-0.4, -0.2) is 29.8 Å². The Bertz CT molecular complexity index is 556. The smallest absolute Gasteiger partial charge is 0.119 e.